The van der Waals surface area contributed by atoms with Gasteiger partial charge in [-0.2, -0.15) is 0 Å². The fourth-order valence-corrected chi connectivity index (χ4v) is 3.34. The van der Waals surface area contributed by atoms with Gasteiger partial charge in [-0.3, -0.25) is 9.78 Å². The van der Waals surface area contributed by atoms with Crippen LogP contribution in [0.5, 0.6) is 0 Å². The minimum atomic E-state index is -0.682. The molecule has 0 aliphatic carbocycles. The summed E-state index contributed by atoms with van der Waals surface area (Å²) in [6, 6.07) is 14.7. The number of aryl methyl sites for hydroxylation is 1. The van der Waals surface area contributed by atoms with Gasteiger partial charge in [0.05, 0.1) is 5.92 Å². The van der Waals surface area contributed by atoms with E-state index in [0.717, 1.165) is 22.9 Å². The van der Waals surface area contributed by atoms with E-state index in [2.05, 4.69) is 10.3 Å². The number of rotatable bonds is 6. The average Bonchev–Trinajstić information content (AvgIpc) is 2.65. The summed E-state index contributed by atoms with van der Waals surface area (Å²) in [5, 5.41) is 2.88. The number of anilines is 1. The third-order valence-corrected chi connectivity index (χ3v) is 4.69. The van der Waals surface area contributed by atoms with Crippen LogP contribution in [0.4, 0.5) is 14.5 Å². The minimum absolute atomic E-state index is 0.189. The lowest BCUT2D eigenvalue weighted by atomic mass is 9.89. The van der Waals surface area contributed by atoms with Crippen LogP contribution >= 0.6 is 0 Å². The second kappa shape index (κ2) is 8.95. The molecule has 1 atom stereocenters. The Bertz CT molecular complexity index is 980. The Morgan fingerprint density at radius 3 is 2.21 bits per heavy atom. The number of benzene rings is 2. The molecule has 2 aromatic carbocycles. The average molecular weight is 394 g/mol. The Balaban J connectivity index is 1.80. The fourth-order valence-electron chi connectivity index (χ4n) is 3.34. The molecule has 0 spiro atoms. The van der Waals surface area contributed by atoms with Gasteiger partial charge >= 0.3 is 0 Å². The number of amides is 1. The Morgan fingerprint density at radius 2 is 1.62 bits per heavy atom. The zero-order valence-corrected chi connectivity index (χ0v) is 16.7. The number of carbonyl (C=O) groups is 1. The van der Waals surface area contributed by atoms with Gasteiger partial charge in [-0.05, 0) is 72.4 Å². The highest BCUT2D eigenvalue weighted by molar-refractivity contribution is 5.96. The van der Waals surface area contributed by atoms with Crippen molar-refractivity contribution in [1.82, 2.24) is 4.98 Å². The fraction of sp³-hybridized carbons (Fsp3) is 0.250. The first kappa shape index (κ1) is 20.6. The Hall–Kier alpha value is -3.08. The highest BCUT2D eigenvalue weighted by Crippen LogP contribution is 2.28. The predicted octanol–water partition coefficient (Wildman–Crippen LogP) is 6.10. The maximum absolute atomic E-state index is 13.7. The maximum atomic E-state index is 13.7. The van der Waals surface area contributed by atoms with Gasteiger partial charge in [0.25, 0.3) is 0 Å². The molecule has 0 saturated carbocycles. The van der Waals surface area contributed by atoms with Crippen molar-refractivity contribution in [2.24, 2.45) is 5.92 Å². The predicted molar refractivity (Wildman–Crippen MR) is 112 cm³/mol. The normalized spacial score (nSPS) is 12.1. The second-order valence-electron chi connectivity index (χ2n) is 7.64. The van der Waals surface area contributed by atoms with E-state index in [4.69, 9.17) is 0 Å². The van der Waals surface area contributed by atoms with Crippen molar-refractivity contribution >= 4 is 11.6 Å². The van der Waals surface area contributed by atoms with E-state index in [0.29, 0.717) is 17.7 Å². The zero-order chi connectivity index (χ0) is 21.0. The van der Waals surface area contributed by atoms with Crippen molar-refractivity contribution in [2.45, 2.75) is 33.1 Å². The molecule has 0 bridgehead atoms. The third-order valence-electron chi connectivity index (χ3n) is 4.69. The zero-order valence-electron chi connectivity index (χ0n) is 16.7. The van der Waals surface area contributed by atoms with Crippen LogP contribution in [-0.2, 0) is 4.79 Å². The van der Waals surface area contributed by atoms with Gasteiger partial charge in [0.15, 0.2) is 0 Å². The maximum Gasteiger partial charge on any atom is 0.231 e. The molecule has 150 valence electrons. The van der Waals surface area contributed by atoms with Gasteiger partial charge in [-0.25, -0.2) is 8.78 Å². The van der Waals surface area contributed by atoms with E-state index in [1.807, 2.05) is 57.2 Å². The molecule has 3 aromatic rings. The summed E-state index contributed by atoms with van der Waals surface area (Å²) in [5.74, 6) is -2.09. The van der Waals surface area contributed by atoms with E-state index in [9.17, 15) is 13.6 Å². The van der Waals surface area contributed by atoms with E-state index < -0.39 is 17.6 Å². The van der Waals surface area contributed by atoms with Crippen LogP contribution in [0.2, 0.25) is 0 Å². The number of halogens is 2. The topological polar surface area (TPSA) is 42.0 Å². The summed E-state index contributed by atoms with van der Waals surface area (Å²) < 4.78 is 27.3. The first-order valence-electron chi connectivity index (χ1n) is 9.62. The van der Waals surface area contributed by atoms with Crippen LogP contribution in [-0.4, -0.2) is 10.9 Å². The van der Waals surface area contributed by atoms with Crippen molar-refractivity contribution in [2.75, 3.05) is 5.32 Å². The second-order valence-corrected chi connectivity index (χ2v) is 7.64. The molecular weight excluding hydrogens is 370 g/mol. The summed E-state index contributed by atoms with van der Waals surface area (Å²) in [5.41, 5.74) is 3.97. The summed E-state index contributed by atoms with van der Waals surface area (Å²) in [6.45, 7) is 5.88. The SMILES string of the molecule is Cc1cc(-c2ccc(NC(=O)C(CC(C)C)c3cc(F)cc(F)c3)cc2)ccn1. The van der Waals surface area contributed by atoms with Gasteiger partial charge in [0, 0.05) is 23.6 Å². The number of aromatic nitrogens is 1. The Labute approximate surface area is 169 Å². The molecule has 0 saturated heterocycles. The first-order chi connectivity index (χ1) is 13.8. The number of pyridine rings is 1. The van der Waals surface area contributed by atoms with E-state index in [1.165, 1.54) is 12.1 Å². The molecule has 3 rings (SSSR count). The minimum Gasteiger partial charge on any atom is -0.326 e. The Morgan fingerprint density at radius 1 is 0.966 bits per heavy atom. The standard InChI is InChI=1S/C24H24F2N2O/c1-15(2)10-23(19-12-20(25)14-21(26)13-19)24(29)28-22-6-4-17(5-7-22)18-8-9-27-16(3)11-18/h4-9,11-15,23H,10H2,1-3H3,(H,28,29). The number of carbonyl (C=O) groups excluding carboxylic acids is 1. The van der Waals surface area contributed by atoms with Crippen molar-refractivity contribution in [3.8, 4) is 11.1 Å². The van der Waals surface area contributed by atoms with Gasteiger partial charge in [-0.15, -0.1) is 0 Å². The molecule has 29 heavy (non-hydrogen) atoms. The van der Waals surface area contributed by atoms with Crippen molar-refractivity contribution < 1.29 is 13.6 Å². The van der Waals surface area contributed by atoms with Crippen LogP contribution in [0, 0.1) is 24.5 Å². The van der Waals surface area contributed by atoms with E-state index in [-0.39, 0.29) is 11.8 Å². The van der Waals surface area contributed by atoms with Gasteiger partial charge < -0.3 is 5.32 Å². The van der Waals surface area contributed by atoms with Crippen LogP contribution in [0.25, 0.3) is 11.1 Å². The summed E-state index contributed by atoms with van der Waals surface area (Å²) in [4.78, 5) is 17.1. The molecule has 0 aliphatic rings. The van der Waals surface area contributed by atoms with Crippen molar-refractivity contribution in [1.29, 1.82) is 0 Å². The van der Waals surface area contributed by atoms with Crippen LogP contribution in [0.3, 0.4) is 0 Å². The molecule has 1 aromatic heterocycles. The molecule has 0 aliphatic heterocycles. The number of hydrogen-bond acceptors (Lipinski definition) is 2. The molecule has 1 unspecified atom stereocenters. The van der Waals surface area contributed by atoms with Gasteiger partial charge in [-0.1, -0.05) is 26.0 Å². The lowest BCUT2D eigenvalue weighted by Gasteiger charge is -2.19. The molecule has 0 radical (unpaired) electrons. The lowest BCUT2D eigenvalue weighted by molar-refractivity contribution is -0.117. The van der Waals surface area contributed by atoms with E-state index in [1.54, 1.807) is 6.20 Å². The first-order valence-corrected chi connectivity index (χ1v) is 9.62. The number of nitrogens with one attached hydrogen (secondary N) is 1. The van der Waals surface area contributed by atoms with Crippen LogP contribution in [0.15, 0.2) is 60.8 Å². The highest BCUT2D eigenvalue weighted by Gasteiger charge is 2.23. The van der Waals surface area contributed by atoms with Crippen molar-refractivity contribution in [3.63, 3.8) is 0 Å². The molecule has 1 heterocycles. The van der Waals surface area contributed by atoms with Gasteiger partial charge in [0.1, 0.15) is 11.6 Å². The summed E-state index contributed by atoms with van der Waals surface area (Å²) in [6.07, 6.45) is 2.25. The highest BCUT2D eigenvalue weighted by atomic mass is 19.1. The smallest absolute Gasteiger partial charge is 0.231 e. The molecule has 1 amide bonds. The van der Waals surface area contributed by atoms with Crippen molar-refractivity contribution in [3.05, 3.63) is 83.7 Å². The van der Waals surface area contributed by atoms with Crippen LogP contribution in [0.1, 0.15) is 37.4 Å². The Kier molecular flexibility index (Phi) is 6.37. The number of hydrogen-bond donors (Lipinski definition) is 1. The van der Waals surface area contributed by atoms with Crippen LogP contribution < -0.4 is 5.32 Å². The van der Waals surface area contributed by atoms with E-state index >= 15 is 0 Å². The largest absolute Gasteiger partial charge is 0.326 e. The molecule has 0 fully saturated rings. The molecular formula is C24H24F2N2O. The molecule has 5 heteroatoms. The number of nitrogens with zero attached hydrogens (tertiary/aromatic N) is 1. The quantitative estimate of drug-likeness (QED) is 0.549. The molecule has 3 nitrogen and oxygen atoms in total. The summed E-state index contributed by atoms with van der Waals surface area (Å²) >= 11 is 0. The monoisotopic (exact) mass is 394 g/mol. The molecule has 1 N–H and O–H groups in total. The van der Waals surface area contributed by atoms with Gasteiger partial charge in [0.2, 0.25) is 5.91 Å². The lowest BCUT2D eigenvalue weighted by Crippen LogP contribution is -2.23. The summed E-state index contributed by atoms with van der Waals surface area (Å²) in [7, 11) is 0. The third kappa shape index (κ3) is 5.47.